The minimum atomic E-state index is -1.96. The van der Waals surface area contributed by atoms with E-state index in [1.807, 2.05) is 44.2 Å². The molecule has 2 rings (SSSR count). The molecule has 0 bridgehead atoms. The van der Waals surface area contributed by atoms with Crippen LogP contribution in [0.4, 0.5) is 5.69 Å². The van der Waals surface area contributed by atoms with Crippen LogP contribution in [-0.4, -0.2) is 41.9 Å². The average Bonchev–Trinajstić information content (AvgIpc) is 2.73. The van der Waals surface area contributed by atoms with E-state index in [0.29, 0.717) is 37.0 Å². The van der Waals surface area contributed by atoms with Crippen molar-refractivity contribution in [2.75, 3.05) is 38.5 Å². The number of anilines is 1. The van der Waals surface area contributed by atoms with Gasteiger partial charge in [0.1, 0.15) is 5.75 Å². The van der Waals surface area contributed by atoms with Gasteiger partial charge in [0.05, 0.1) is 32.7 Å². The number of rotatable bonds is 12. The summed E-state index contributed by atoms with van der Waals surface area (Å²) in [6.45, 7) is 5.28. The van der Waals surface area contributed by atoms with Gasteiger partial charge in [0.25, 0.3) is 0 Å². The average molecular weight is 436 g/mol. The van der Waals surface area contributed by atoms with E-state index in [4.69, 9.17) is 18.9 Å². The van der Waals surface area contributed by atoms with E-state index in [1.54, 1.807) is 26.4 Å². The first kappa shape index (κ1) is 23.7. The summed E-state index contributed by atoms with van der Waals surface area (Å²) in [6, 6.07) is 11.2. The second-order valence-electron chi connectivity index (χ2n) is 6.22. The summed E-state index contributed by atoms with van der Waals surface area (Å²) < 4.78 is 42.5. The quantitative estimate of drug-likeness (QED) is 0.480. The number of benzene rings is 2. The van der Waals surface area contributed by atoms with Gasteiger partial charge < -0.3 is 28.8 Å². The maximum atomic E-state index is 11.3. The van der Waals surface area contributed by atoms with Crippen molar-refractivity contribution in [1.29, 1.82) is 0 Å². The van der Waals surface area contributed by atoms with Gasteiger partial charge in [0, 0.05) is 35.7 Å². The molecule has 7 nitrogen and oxygen atoms in total. The molecule has 0 saturated carbocycles. The standard InChI is InChI=1S/C22H29NO6S/c1-5-28-21-14-18(9-7-17(21)15-26-3)23-19(11-12-30(24)25)16-8-10-20(27-4)22(13-16)29-6-2/h7-11,13-14,23H,5-6,12,15H2,1-4H3,(H,24,25). The van der Waals surface area contributed by atoms with Crippen LogP contribution in [0.15, 0.2) is 42.5 Å². The van der Waals surface area contributed by atoms with Gasteiger partial charge >= 0.3 is 0 Å². The summed E-state index contributed by atoms with van der Waals surface area (Å²) in [4.78, 5) is 0. The van der Waals surface area contributed by atoms with E-state index in [0.717, 1.165) is 22.6 Å². The smallest absolute Gasteiger partial charge is 0.161 e. The molecule has 0 fully saturated rings. The second-order valence-corrected chi connectivity index (χ2v) is 7.19. The molecule has 0 aliphatic heterocycles. The zero-order chi connectivity index (χ0) is 21.9. The Hall–Kier alpha value is -2.55. The van der Waals surface area contributed by atoms with Crippen LogP contribution in [0.25, 0.3) is 5.70 Å². The molecule has 0 radical (unpaired) electrons. The number of nitrogens with one attached hydrogen (secondary N) is 1. The second kappa shape index (κ2) is 12.2. The Kier molecular flexibility index (Phi) is 9.66. The van der Waals surface area contributed by atoms with Crippen molar-refractivity contribution < 1.29 is 27.7 Å². The molecule has 30 heavy (non-hydrogen) atoms. The van der Waals surface area contributed by atoms with Crippen LogP contribution in [0, 0.1) is 0 Å². The lowest BCUT2D eigenvalue weighted by Crippen LogP contribution is -2.05. The first-order chi connectivity index (χ1) is 14.5. The van der Waals surface area contributed by atoms with Crippen LogP contribution in [0.2, 0.25) is 0 Å². The fourth-order valence-electron chi connectivity index (χ4n) is 2.86. The fraction of sp³-hybridized carbons (Fsp3) is 0.364. The molecule has 8 heteroatoms. The van der Waals surface area contributed by atoms with Crippen molar-refractivity contribution >= 4 is 22.5 Å². The number of methoxy groups -OCH3 is 2. The molecule has 0 amide bonds. The van der Waals surface area contributed by atoms with E-state index in [9.17, 15) is 8.76 Å². The van der Waals surface area contributed by atoms with Crippen molar-refractivity contribution in [2.45, 2.75) is 20.5 Å². The van der Waals surface area contributed by atoms with E-state index in [1.165, 1.54) is 0 Å². The first-order valence-corrected chi connectivity index (χ1v) is 10.9. The van der Waals surface area contributed by atoms with E-state index >= 15 is 0 Å². The molecule has 0 aliphatic carbocycles. The highest BCUT2D eigenvalue weighted by atomic mass is 32.2. The highest BCUT2D eigenvalue weighted by Crippen LogP contribution is 2.32. The van der Waals surface area contributed by atoms with Gasteiger partial charge in [-0.1, -0.05) is 6.07 Å². The van der Waals surface area contributed by atoms with Crippen LogP contribution in [-0.2, 0) is 22.4 Å². The molecule has 2 aromatic carbocycles. The van der Waals surface area contributed by atoms with Crippen molar-refractivity contribution in [1.82, 2.24) is 0 Å². The minimum absolute atomic E-state index is 0.0155. The number of hydrogen-bond acceptors (Lipinski definition) is 6. The van der Waals surface area contributed by atoms with Gasteiger partial charge in [-0.05, 0) is 44.2 Å². The zero-order valence-corrected chi connectivity index (χ0v) is 18.6. The molecule has 0 aromatic heterocycles. The molecule has 0 heterocycles. The summed E-state index contributed by atoms with van der Waals surface area (Å²) in [6.07, 6.45) is 1.68. The predicted molar refractivity (Wildman–Crippen MR) is 120 cm³/mol. The lowest BCUT2D eigenvalue weighted by atomic mass is 10.1. The third kappa shape index (κ3) is 6.76. The molecule has 0 spiro atoms. The van der Waals surface area contributed by atoms with Crippen LogP contribution in [0.1, 0.15) is 25.0 Å². The third-order valence-corrected chi connectivity index (χ3v) is 4.60. The van der Waals surface area contributed by atoms with E-state index < -0.39 is 11.1 Å². The topological polar surface area (TPSA) is 86.3 Å². The van der Waals surface area contributed by atoms with Crippen LogP contribution < -0.4 is 19.5 Å². The Morgan fingerprint density at radius 2 is 1.77 bits per heavy atom. The summed E-state index contributed by atoms with van der Waals surface area (Å²) >= 11 is -1.96. The molecule has 1 unspecified atom stereocenters. The number of hydrogen-bond donors (Lipinski definition) is 2. The predicted octanol–water partition coefficient (Wildman–Crippen LogP) is 4.31. The molecule has 0 aliphatic rings. The maximum absolute atomic E-state index is 11.3. The first-order valence-electron chi connectivity index (χ1n) is 9.62. The Balaban J connectivity index is 2.41. The summed E-state index contributed by atoms with van der Waals surface area (Å²) in [7, 11) is 3.22. The van der Waals surface area contributed by atoms with Gasteiger partial charge in [-0.2, -0.15) is 0 Å². The molecular weight excluding hydrogens is 406 g/mol. The van der Waals surface area contributed by atoms with Crippen LogP contribution >= 0.6 is 0 Å². The SMILES string of the molecule is CCOc1cc(NC(=CCS(=O)O)c2ccc(OC)c(OCC)c2)ccc1COC. The largest absolute Gasteiger partial charge is 0.493 e. The van der Waals surface area contributed by atoms with Crippen molar-refractivity contribution in [2.24, 2.45) is 0 Å². The highest BCUT2D eigenvalue weighted by molar-refractivity contribution is 7.79. The summed E-state index contributed by atoms with van der Waals surface area (Å²) in [5.74, 6) is 1.92. The molecule has 0 saturated heterocycles. The monoisotopic (exact) mass is 435 g/mol. The van der Waals surface area contributed by atoms with Gasteiger partial charge in [-0.3, -0.25) is 0 Å². The van der Waals surface area contributed by atoms with E-state index in [2.05, 4.69) is 5.32 Å². The Labute approximate surface area is 180 Å². The molecule has 2 N–H and O–H groups in total. The highest BCUT2D eigenvalue weighted by Gasteiger charge is 2.11. The lowest BCUT2D eigenvalue weighted by Gasteiger charge is -2.17. The Morgan fingerprint density at radius 1 is 1.03 bits per heavy atom. The van der Waals surface area contributed by atoms with Gasteiger partial charge in [-0.15, -0.1) is 0 Å². The summed E-state index contributed by atoms with van der Waals surface area (Å²) in [5, 5.41) is 3.32. The summed E-state index contributed by atoms with van der Waals surface area (Å²) in [5.41, 5.74) is 3.18. The van der Waals surface area contributed by atoms with Crippen LogP contribution in [0.3, 0.4) is 0 Å². The van der Waals surface area contributed by atoms with Crippen molar-refractivity contribution in [3.05, 3.63) is 53.6 Å². The van der Waals surface area contributed by atoms with Gasteiger partial charge in [0.15, 0.2) is 22.6 Å². The normalized spacial score (nSPS) is 12.4. The maximum Gasteiger partial charge on any atom is 0.161 e. The third-order valence-electron chi connectivity index (χ3n) is 4.15. The molecule has 2 aromatic rings. The Morgan fingerprint density at radius 3 is 2.40 bits per heavy atom. The van der Waals surface area contributed by atoms with Crippen LogP contribution in [0.5, 0.6) is 17.2 Å². The minimum Gasteiger partial charge on any atom is -0.493 e. The van der Waals surface area contributed by atoms with Gasteiger partial charge in [-0.25, -0.2) is 4.21 Å². The fourth-order valence-corrected chi connectivity index (χ4v) is 3.17. The Bertz CT molecular complexity index is 884. The number of ether oxygens (including phenoxy) is 4. The van der Waals surface area contributed by atoms with Crippen molar-refractivity contribution in [3.8, 4) is 17.2 Å². The molecule has 164 valence electrons. The zero-order valence-electron chi connectivity index (χ0n) is 17.8. The lowest BCUT2D eigenvalue weighted by molar-refractivity contribution is 0.180. The van der Waals surface area contributed by atoms with Gasteiger partial charge in [0.2, 0.25) is 0 Å². The van der Waals surface area contributed by atoms with E-state index in [-0.39, 0.29) is 5.75 Å². The molecule has 1 atom stereocenters. The van der Waals surface area contributed by atoms with Crippen molar-refractivity contribution in [3.63, 3.8) is 0 Å². The molecular formula is C22H29NO6S.